The summed E-state index contributed by atoms with van der Waals surface area (Å²) in [6, 6.07) is 4.06. The largest absolute Gasteiger partial charge is 0.393 e. The van der Waals surface area contributed by atoms with Crippen molar-refractivity contribution in [1.29, 1.82) is 0 Å². The highest BCUT2D eigenvalue weighted by molar-refractivity contribution is 7.84. The summed E-state index contributed by atoms with van der Waals surface area (Å²) in [6.07, 6.45) is 8.02. The van der Waals surface area contributed by atoms with Crippen molar-refractivity contribution in [3.63, 3.8) is 0 Å². The molecule has 3 aliphatic carbocycles. The molecule has 5 nitrogen and oxygen atoms in total. The van der Waals surface area contributed by atoms with Crippen molar-refractivity contribution in [1.82, 2.24) is 0 Å². The topological polar surface area (TPSA) is 89.6 Å². The van der Waals surface area contributed by atoms with Crippen LogP contribution in [0.15, 0.2) is 12.1 Å². The van der Waals surface area contributed by atoms with E-state index in [2.05, 4.69) is 13.0 Å². The van der Waals surface area contributed by atoms with Gasteiger partial charge in [0, 0.05) is 0 Å². The second-order valence-electron chi connectivity index (χ2n) is 9.00. The van der Waals surface area contributed by atoms with Crippen molar-refractivity contribution in [2.45, 2.75) is 77.2 Å². The summed E-state index contributed by atoms with van der Waals surface area (Å²) in [5.41, 5.74) is 3.53. The van der Waals surface area contributed by atoms with Gasteiger partial charge in [0.2, 0.25) is 0 Å². The zero-order chi connectivity index (χ0) is 19.4. The molecule has 5 atom stereocenters. The Morgan fingerprint density at radius 1 is 1.26 bits per heavy atom. The van der Waals surface area contributed by atoms with E-state index in [9.17, 15) is 13.5 Å². The summed E-state index contributed by atoms with van der Waals surface area (Å²) >= 11 is 0. The second-order valence-corrected chi connectivity index (χ2v) is 10.1. The normalized spacial score (nSPS) is 35.7. The smallest absolute Gasteiger partial charge is 0.380 e. The molecule has 150 valence electrons. The molecule has 6 heteroatoms. The van der Waals surface area contributed by atoms with Crippen molar-refractivity contribution >= 4 is 10.3 Å². The summed E-state index contributed by atoms with van der Waals surface area (Å²) in [4.78, 5) is 0. The highest BCUT2D eigenvalue weighted by Gasteiger charge is 2.52. The molecule has 0 radical (unpaired) electrons. The minimum atomic E-state index is -4.02. The molecular formula is C21H31NO4S. The lowest BCUT2D eigenvalue weighted by Gasteiger charge is -2.56. The monoisotopic (exact) mass is 393 g/mol. The standard InChI is InChI=1S/C21H31NO4S/c1-3-13-11-17-14(12-19(13)26-27(22,24)25)7-8-16-15(17)9-10-21(2)18(16)5-4-6-20(21)23/h11-12,15-16,18,20,23H,3-10H2,1-2H3,(H2,22,24,25)/t15?,16?,18?,20-,21-/m0/s1. The third-order valence-corrected chi connectivity index (χ3v) is 8.10. The molecule has 0 heterocycles. The van der Waals surface area contributed by atoms with Crippen LogP contribution >= 0.6 is 0 Å². The molecule has 0 amide bonds. The number of nitrogens with two attached hydrogens (primary N) is 1. The first-order chi connectivity index (χ1) is 12.7. The van der Waals surface area contributed by atoms with E-state index in [0.717, 1.165) is 44.1 Å². The Morgan fingerprint density at radius 2 is 2.04 bits per heavy atom. The Balaban J connectivity index is 1.70. The summed E-state index contributed by atoms with van der Waals surface area (Å²) in [6.45, 7) is 4.31. The fraction of sp³-hybridized carbons (Fsp3) is 0.714. The number of rotatable bonds is 3. The Hall–Kier alpha value is -1.11. The van der Waals surface area contributed by atoms with Crippen LogP contribution in [-0.4, -0.2) is 19.6 Å². The number of aryl methyl sites for hydroxylation is 2. The third kappa shape index (κ3) is 3.30. The second kappa shape index (κ2) is 6.75. The summed E-state index contributed by atoms with van der Waals surface area (Å²) in [5.74, 6) is 2.08. The van der Waals surface area contributed by atoms with E-state index < -0.39 is 10.3 Å². The molecule has 3 unspecified atom stereocenters. The van der Waals surface area contributed by atoms with Gasteiger partial charge in [0.15, 0.2) is 0 Å². The van der Waals surface area contributed by atoms with E-state index in [1.165, 1.54) is 17.5 Å². The number of aliphatic hydroxyl groups excluding tert-OH is 1. The zero-order valence-corrected chi connectivity index (χ0v) is 17.1. The predicted molar refractivity (Wildman–Crippen MR) is 105 cm³/mol. The van der Waals surface area contributed by atoms with Crippen molar-refractivity contribution in [3.8, 4) is 5.75 Å². The van der Waals surface area contributed by atoms with E-state index in [0.29, 0.717) is 29.9 Å². The molecule has 1 aromatic carbocycles. The van der Waals surface area contributed by atoms with Crippen LogP contribution in [0, 0.1) is 17.3 Å². The predicted octanol–water partition coefficient (Wildman–Crippen LogP) is 3.44. The van der Waals surface area contributed by atoms with Gasteiger partial charge in [0.05, 0.1) is 6.10 Å². The Kier molecular flexibility index (Phi) is 4.80. The van der Waals surface area contributed by atoms with Crippen molar-refractivity contribution in [2.75, 3.05) is 0 Å². The summed E-state index contributed by atoms with van der Waals surface area (Å²) in [7, 11) is -4.02. The first-order valence-corrected chi connectivity index (χ1v) is 11.8. The van der Waals surface area contributed by atoms with Crippen LogP contribution in [0.3, 0.4) is 0 Å². The van der Waals surface area contributed by atoms with Crippen molar-refractivity contribution < 1.29 is 17.7 Å². The summed E-state index contributed by atoms with van der Waals surface area (Å²) < 4.78 is 27.9. The minimum Gasteiger partial charge on any atom is -0.393 e. The van der Waals surface area contributed by atoms with E-state index in [4.69, 9.17) is 9.32 Å². The van der Waals surface area contributed by atoms with Crippen molar-refractivity contribution in [2.24, 2.45) is 22.4 Å². The fourth-order valence-electron chi connectivity index (χ4n) is 6.29. The number of benzene rings is 1. The number of fused-ring (bicyclic) bond motifs is 5. The molecule has 0 aromatic heterocycles. The van der Waals surface area contributed by atoms with Crippen LogP contribution in [-0.2, 0) is 23.1 Å². The van der Waals surface area contributed by atoms with Crippen LogP contribution in [0.4, 0.5) is 0 Å². The lowest BCUT2D eigenvalue weighted by Crippen LogP contribution is -2.51. The Bertz CT molecular complexity index is 837. The van der Waals surface area contributed by atoms with Crippen LogP contribution in [0.1, 0.15) is 75.0 Å². The number of aliphatic hydroxyl groups is 1. The zero-order valence-electron chi connectivity index (χ0n) is 16.3. The van der Waals surface area contributed by atoms with E-state index >= 15 is 0 Å². The van der Waals surface area contributed by atoms with Gasteiger partial charge in [-0.05, 0) is 90.9 Å². The van der Waals surface area contributed by atoms with Crippen LogP contribution in [0.25, 0.3) is 0 Å². The van der Waals surface area contributed by atoms with Gasteiger partial charge in [-0.1, -0.05) is 26.3 Å². The lowest BCUT2D eigenvalue weighted by molar-refractivity contribution is -0.0976. The lowest BCUT2D eigenvalue weighted by atomic mass is 9.50. The average molecular weight is 394 g/mol. The highest BCUT2D eigenvalue weighted by Crippen LogP contribution is 2.59. The maximum atomic E-state index is 11.4. The molecule has 3 N–H and O–H groups in total. The molecule has 3 aliphatic rings. The van der Waals surface area contributed by atoms with Crippen LogP contribution < -0.4 is 9.32 Å². The van der Waals surface area contributed by atoms with Gasteiger partial charge in [-0.2, -0.15) is 13.6 Å². The molecule has 0 spiro atoms. The molecule has 0 bridgehead atoms. The first kappa shape index (κ1) is 19.2. The van der Waals surface area contributed by atoms with Gasteiger partial charge in [0.25, 0.3) is 0 Å². The molecule has 0 aliphatic heterocycles. The molecule has 27 heavy (non-hydrogen) atoms. The van der Waals surface area contributed by atoms with Crippen LogP contribution in [0.5, 0.6) is 5.75 Å². The van der Waals surface area contributed by atoms with E-state index in [1.807, 2.05) is 13.0 Å². The van der Waals surface area contributed by atoms with Gasteiger partial charge in [-0.3, -0.25) is 0 Å². The SMILES string of the molecule is CCc1cc2c(cc1OS(N)(=O)=O)CCC1C2CC[C@@]2(C)C1CCC[C@@H]2O. The third-order valence-electron chi connectivity index (χ3n) is 7.68. The maximum absolute atomic E-state index is 11.4. The van der Waals surface area contributed by atoms with Gasteiger partial charge in [-0.25, -0.2) is 0 Å². The molecular weight excluding hydrogens is 362 g/mol. The molecule has 0 saturated heterocycles. The quantitative estimate of drug-likeness (QED) is 0.823. The van der Waals surface area contributed by atoms with E-state index in [1.54, 1.807) is 0 Å². The Morgan fingerprint density at radius 3 is 2.74 bits per heavy atom. The first-order valence-electron chi connectivity index (χ1n) is 10.3. The molecule has 2 fully saturated rings. The van der Waals surface area contributed by atoms with Gasteiger partial charge in [0.1, 0.15) is 5.75 Å². The number of hydrogen-bond donors (Lipinski definition) is 2. The van der Waals surface area contributed by atoms with E-state index in [-0.39, 0.29) is 11.5 Å². The van der Waals surface area contributed by atoms with Gasteiger partial charge in [-0.15, -0.1) is 0 Å². The number of hydrogen-bond acceptors (Lipinski definition) is 4. The average Bonchev–Trinajstić information content (AvgIpc) is 2.60. The van der Waals surface area contributed by atoms with Gasteiger partial charge < -0.3 is 9.29 Å². The highest BCUT2D eigenvalue weighted by atomic mass is 32.2. The minimum absolute atomic E-state index is 0.0567. The summed E-state index contributed by atoms with van der Waals surface area (Å²) in [5, 5.41) is 15.8. The molecule has 4 rings (SSSR count). The maximum Gasteiger partial charge on any atom is 0.380 e. The Labute approximate surface area is 162 Å². The fourth-order valence-corrected chi connectivity index (χ4v) is 6.70. The van der Waals surface area contributed by atoms with Gasteiger partial charge >= 0.3 is 10.3 Å². The molecule has 2 saturated carbocycles. The van der Waals surface area contributed by atoms with Crippen LogP contribution in [0.2, 0.25) is 0 Å². The van der Waals surface area contributed by atoms with Crippen molar-refractivity contribution in [3.05, 3.63) is 28.8 Å². The molecule has 1 aromatic rings.